The standard InChI is InChI=1S/C23H20BrN3O4/c1-2-12-30-20-8-5-16(6-9-20)23(29)31-21-10-7-19(24)13-18(21)15-26-27-22(28)17-4-3-11-25-14-17/h3-11,13-15H,2,12H2,1H3,(H,27,28)/b26-15+. The van der Waals surface area contributed by atoms with Gasteiger partial charge in [0.05, 0.1) is 23.9 Å². The molecule has 1 aromatic heterocycles. The number of hydrazone groups is 1. The number of hydrogen-bond acceptors (Lipinski definition) is 6. The first-order valence-corrected chi connectivity index (χ1v) is 10.3. The summed E-state index contributed by atoms with van der Waals surface area (Å²) >= 11 is 3.38. The van der Waals surface area contributed by atoms with Crippen LogP contribution in [-0.4, -0.2) is 29.7 Å². The third kappa shape index (κ3) is 6.48. The monoisotopic (exact) mass is 481 g/mol. The molecule has 0 aliphatic carbocycles. The Balaban J connectivity index is 1.69. The molecule has 0 spiro atoms. The zero-order chi connectivity index (χ0) is 22.1. The molecule has 1 amide bonds. The molecular formula is C23H20BrN3O4. The lowest BCUT2D eigenvalue weighted by molar-refractivity contribution is 0.0734. The van der Waals surface area contributed by atoms with Gasteiger partial charge in [-0.2, -0.15) is 5.10 Å². The number of pyridine rings is 1. The van der Waals surface area contributed by atoms with Crippen molar-refractivity contribution in [3.8, 4) is 11.5 Å². The highest BCUT2D eigenvalue weighted by molar-refractivity contribution is 9.10. The fourth-order valence-electron chi connectivity index (χ4n) is 2.50. The number of nitrogens with zero attached hydrogens (tertiary/aromatic N) is 2. The van der Waals surface area contributed by atoms with Crippen molar-refractivity contribution < 1.29 is 19.1 Å². The second-order valence-electron chi connectivity index (χ2n) is 6.39. The maximum absolute atomic E-state index is 12.5. The van der Waals surface area contributed by atoms with Crippen LogP contribution in [0.15, 0.2) is 76.6 Å². The number of rotatable bonds is 8. The third-order valence-electron chi connectivity index (χ3n) is 4.03. The van der Waals surface area contributed by atoms with Gasteiger partial charge >= 0.3 is 5.97 Å². The van der Waals surface area contributed by atoms with E-state index in [0.29, 0.717) is 34.8 Å². The maximum Gasteiger partial charge on any atom is 0.343 e. The average molecular weight is 482 g/mol. The summed E-state index contributed by atoms with van der Waals surface area (Å²) in [7, 11) is 0. The number of esters is 1. The van der Waals surface area contributed by atoms with Crippen LogP contribution in [0.1, 0.15) is 39.6 Å². The van der Waals surface area contributed by atoms with Crippen molar-refractivity contribution in [1.29, 1.82) is 0 Å². The number of aromatic nitrogens is 1. The molecule has 0 fully saturated rings. The van der Waals surface area contributed by atoms with Gasteiger partial charge in [-0.3, -0.25) is 9.78 Å². The SMILES string of the molecule is CCCOc1ccc(C(=O)Oc2ccc(Br)cc2/C=N/NC(=O)c2cccnc2)cc1. The van der Waals surface area contributed by atoms with Gasteiger partial charge in [0.25, 0.3) is 5.91 Å². The summed E-state index contributed by atoms with van der Waals surface area (Å²) in [4.78, 5) is 28.5. The molecule has 3 aromatic rings. The van der Waals surface area contributed by atoms with Crippen LogP contribution in [-0.2, 0) is 0 Å². The predicted octanol–water partition coefficient (Wildman–Crippen LogP) is 4.62. The van der Waals surface area contributed by atoms with E-state index in [4.69, 9.17) is 9.47 Å². The molecule has 0 unspecified atom stereocenters. The summed E-state index contributed by atoms with van der Waals surface area (Å²) in [6.45, 7) is 2.64. The molecule has 2 aromatic carbocycles. The van der Waals surface area contributed by atoms with E-state index in [1.165, 1.54) is 12.4 Å². The summed E-state index contributed by atoms with van der Waals surface area (Å²) in [6, 6.07) is 15.1. The quantitative estimate of drug-likeness (QED) is 0.219. The molecule has 0 radical (unpaired) electrons. The van der Waals surface area contributed by atoms with E-state index < -0.39 is 11.9 Å². The van der Waals surface area contributed by atoms with Gasteiger partial charge < -0.3 is 9.47 Å². The normalized spacial score (nSPS) is 10.6. The largest absolute Gasteiger partial charge is 0.494 e. The number of benzene rings is 2. The lowest BCUT2D eigenvalue weighted by Crippen LogP contribution is -2.17. The Morgan fingerprint density at radius 1 is 1.13 bits per heavy atom. The molecule has 3 rings (SSSR count). The van der Waals surface area contributed by atoms with Gasteiger partial charge in [-0.05, 0) is 61.0 Å². The number of nitrogens with one attached hydrogen (secondary N) is 1. The Labute approximate surface area is 188 Å². The highest BCUT2D eigenvalue weighted by atomic mass is 79.9. The van der Waals surface area contributed by atoms with Gasteiger partial charge in [-0.25, -0.2) is 10.2 Å². The van der Waals surface area contributed by atoms with Crippen LogP contribution in [0, 0.1) is 0 Å². The lowest BCUT2D eigenvalue weighted by Gasteiger charge is -2.09. The van der Waals surface area contributed by atoms with E-state index >= 15 is 0 Å². The molecule has 0 aliphatic heterocycles. The van der Waals surface area contributed by atoms with Crippen molar-refractivity contribution in [2.75, 3.05) is 6.61 Å². The second kappa shape index (κ2) is 11.0. The first kappa shape index (κ1) is 22.2. The van der Waals surface area contributed by atoms with E-state index in [-0.39, 0.29) is 0 Å². The highest BCUT2D eigenvalue weighted by Crippen LogP contribution is 2.23. The van der Waals surface area contributed by atoms with Crippen LogP contribution in [0.25, 0.3) is 0 Å². The van der Waals surface area contributed by atoms with Crippen molar-refractivity contribution in [2.24, 2.45) is 5.10 Å². The first-order chi connectivity index (χ1) is 15.1. The Morgan fingerprint density at radius 3 is 2.65 bits per heavy atom. The molecule has 0 saturated carbocycles. The molecule has 0 saturated heterocycles. The van der Waals surface area contributed by atoms with E-state index in [9.17, 15) is 9.59 Å². The summed E-state index contributed by atoms with van der Waals surface area (Å²) in [5.41, 5.74) is 3.70. The van der Waals surface area contributed by atoms with E-state index in [2.05, 4.69) is 31.4 Å². The Kier molecular flexibility index (Phi) is 7.89. The first-order valence-electron chi connectivity index (χ1n) is 9.55. The minimum Gasteiger partial charge on any atom is -0.494 e. The molecule has 0 bridgehead atoms. The fourth-order valence-corrected chi connectivity index (χ4v) is 2.88. The van der Waals surface area contributed by atoms with Crippen LogP contribution in [0.3, 0.4) is 0 Å². The molecular weight excluding hydrogens is 462 g/mol. The van der Waals surface area contributed by atoms with E-state index in [1.54, 1.807) is 60.8 Å². The Morgan fingerprint density at radius 2 is 1.94 bits per heavy atom. The predicted molar refractivity (Wildman–Crippen MR) is 121 cm³/mol. The van der Waals surface area contributed by atoms with Crippen LogP contribution in [0.4, 0.5) is 0 Å². The number of halogens is 1. The highest BCUT2D eigenvalue weighted by Gasteiger charge is 2.12. The number of ether oxygens (including phenoxy) is 2. The lowest BCUT2D eigenvalue weighted by atomic mass is 10.2. The number of carbonyl (C=O) groups excluding carboxylic acids is 2. The Bertz CT molecular complexity index is 1070. The van der Waals surface area contributed by atoms with Gasteiger partial charge in [0.1, 0.15) is 11.5 Å². The van der Waals surface area contributed by atoms with Crippen LogP contribution < -0.4 is 14.9 Å². The molecule has 1 N–H and O–H groups in total. The van der Waals surface area contributed by atoms with Gasteiger partial charge in [0.15, 0.2) is 0 Å². The van der Waals surface area contributed by atoms with Crippen molar-refractivity contribution in [2.45, 2.75) is 13.3 Å². The second-order valence-corrected chi connectivity index (χ2v) is 7.30. The van der Waals surface area contributed by atoms with Crippen molar-refractivity contribution >= 4 is 34.0 Å². The topological polar surface area (TPSA) is 89.9 Å². The summed E-state index contributed by atoms with van der Waals surface area (Å²) < 4.78 is 11.8. The van der Waals surface area contributed by atoms with Crippen molar-refractivity contribution in [3.05, 3.63) is 88.2 Å². The van der Waals surface area contributed by atoms with Crippen LogP contribution in [0.2, 0.25) is 0 Å². The molecule has 8 heteroatoms. The zero-order valence-electron chi connectivity index (χ0n) is 16.7. The molecule has 1 heterocycles. The third-order valence-corrected chi connectivity index (χ3v) is 4.52. The van der Waals surface area contributed by atoms with Crippen LogP contribution >= 0.6 is 15.9 Å². The minimum atomic E-state index is -0.515. The summed E-state index contributed by atoms with van der Waals surface area (Å²) in [5, 5.41) is 3.96. The maximum atomic E-state index is 12.5. The molecule has 31 heavy (non-hydrogen) atoms. The zero-order valence-corrected chi connectivity index (χ0v) is 18.3. The van der Waals surface area contributed by atoms with Crippen molar-refractivity contribution in [3.63, 3.8) is 0 Å². The molecule has 7 nitrogen and oxygen atoms in total. The molecule has 0 aliphatic rings. The van der Waals surface area contributed by atoms with Gasteiger partial charge in [-0.1, -0.05) is 22.9 Å². The van der Waals surface area contributed by atoms with Crippen molar-refractivity contribution in [1.82, 2.24) is 10.4 Å². The van der Waals surface area contributed by atoms with Gasteiger partial charge in [0, 0.05) is 22.4 Å². The minimum absolute atomic E-state index is 0.305. The summed E-state index contributed by atoms with van der Waals surface area (Å²) in [5.74, 6) is 0.0831. The van der Waals surface area contributed by atoms with Gasteiger partial charge in [-0.15, -0.1) is 0 Å². The molecule has 158 valence electrons. The number of carbonyl (C=O) groups is 2. The molecule has 0 atom stereocenters. The van der Waals surface area contributed by atoms with Crippen LogP contribution in [0.5, 0.6) is 11.5 Å². The Hall–Kier alpha value is -3.52. The smallest absolute Gasteiger partial charge is 0.343 e. The average Bonchev–Trinajstić information content (AvgIpc) is 2.80. The number of hydrogen-bond donors (Lipinski definition) is 1. The summed E-state index contributed by atoms with van der Waals surface area (Å²) in [6.07, 6.45) is 5.33. The fraction of sp³-hybridized carbons (Fsp3) is 0.130. The van der Waals surface area contributed by atoms with Gasteiger partial charge in [0.2, 0.25) is 0 Å². The number of amides is 1. The van der Waals surface area contributed by atoms with E-state index in [0.717, 1.165) is 10.9 Å². The van der Waals surface area contributed by atoms with E-state index in [1.807, 2.05) is 6.92 Å².